The van der Waals surface area contributed by atoms with Crippen LogP contribution in [-0.2, 0) is 0 Å². The summed E-state index contributed by atoms with van der Waals surface area (Å²) in [6, 6.07) is 57.1. The van der Waals surface area contributed by atoms with E-state index in [1.165, 1.54) is 71.2 Å². The lowest BCUT2D eigenvalue weighted by atomic mass is 9.98. The average Bonchev–Trinajstić information content (AvgIpc) is 3.58. The quantitative estimate of drug-likeness (QED) is 0.213. The molecule has 42 heavy (non-hydrogen) atoms. The van der Waals surface area contributed by atoms with Gasteiger partial charge >= 0.3 is 0 Å². The van der Waals surface area contributed by atoms with Gasteiger partial charge in [0.1, 0.15) is 0 Å². The molecule has 0 saturated carbocycles. The summed E-state index contributed by atoms with van der Waals surface area (Å²) in [6.07, 6.45) is 0. The normalized spacial score (nSPS) is 11.8. The van der Waals surface area contributed by atoms with Crippen LogP contribution in [-0.4, -0.2) is 9.13 Å². The number of hydrogen-bond donors (Lipinski definition) is 0. The molecular weight excluding hydrogens is 508 g/mol. The van der Waals surface area contributed by atoms with Gasteiger partial charge in [-0.2, -0.15) is 0 Å². The molecule has 9 aromatic rings. The molecule has 2 heteroatoms. The summed E-state index contributed by atoms with van der Waals surface area (Å²) in [5, 5.41) is 7.67. The van der Waals surface area contributed by atoms with Crippen LogP contribution in [0.4, 0.5) is 0 Å². The lowest BCUT2D eigenvalue weighted by Gasteiger charge is -2.12. The fraction of sp³-hybridized carbons (Fsp3) is 0. The number of nitrogens with zero attached hydrogens (tertiary/aromatic N) is 2. The van der Waals surface area contributed by atoms with Gasteiger partial charge in [-0.15, -0.1) is 0 Å². The standard InChI is InChI=1S/C40H26N2/c1-2-15-29(16-3-1)41-35-22-8-6-19-33(35)39-37(41)24-25-38-40(39)34-20-7-9-23-36(34)42(38)30-17-10-14-28(26-30)32-21-11-13-27-12-4-5-18-31(27)32/h1-26H. The summed E-state index contributed by atoms with van der Waals surface area (Å²) >= 11 is 0. The predicted molar refractivity (Wildman–Crippen MR) is 178 cm³/mol. The second kappa shape index (κ2) is 8.95. The molecule has 0 unspecified atom stereocenters. The van der Waals surface area contributed by atoms with Crippen molar-refractivity contribution < 1.29 is 0 Å². The zero-order valence-corrected chi connectivity index (χ0v) is 22.9. The van der Waals surface area contributed by atoms with Crippen molar-refractivity contribution in [2.24, 2.45) is 0 Å². The third kappa shape index (κ3) is 3.27. The number of rotatable bonds is 3. The topological polar surface area (TPSA) is 9.86 Å². The molecule has 9 rings (SSSR count). The van der Waals surface area contributed by atoms with Crippen LogP contribution < -0.4 is 0 Å². The molecule has 0 radical (unpaired) electrons. The zero-order valence-electron chi connectivity index (χ0n) is 22.9. The monoisotopic (exact) mass is 534 g/mol. The van der Waals surface area contributed by atoms with Gasteiger partial charge in [0, 0.05) is 32.9 Å². The lowest BCUT2D eigenvalue weighted by Crippen LogP contribution is -1.95. The molecule has 2 heterocycles. The molecule has 0 atom stereocenters. The van der Waals surface area contributed by atoms with Crippen molar-refractivity contribution in [3.05, 3.63) is 158 Å². The van der Waals surface area contributed by atoms with E-state index >= 15 is 0 Å². The zero-order chi connectivity index (χ0) is 27.6. The average molecular weight is 535 g/mol. The second-order valence-electron chi connectivity index (χ2n) is 11.0. The number of aromatic nitrogens is 2. The maximum absolute atomic E-state index is 2.44. The van der Waals surface area contributed by atoms with Crippen molar-refractivity contribution in [2.45, 2.75) is 0 Å². The highest BCUT2D eigenvalue weighted by atomic mass is 15.0. The van der Waals surface area contributed by atoms with Crippen LogP contribution in [0, 0.1) is 0 Å². The Balaban J connectivity index is 1.38. The van der Waals surface area contributed by atoms with Crippen molar-refractivity contribution in [1.29, 1.82) is 0 Å². The van der Waals surface area contributed by atoms with E-state index in [9.17, 15) is 0 Å². The molecule has 0 saturated heterocycles. The van der Waals surface area contributed by atoms with E-state index in [-0.39, 0.29) is 0 Å². The summed E-state index contributed by atoms with van der Waals surface area (Å²) in [7, 11) is 0. The van der Waals surface area contributed by atoms with Gasteiger partial charge in [-0.05, 0) is 70.4 Å². The van der Waals surface area contributed by atoms with Gasteiger partial charge in [0.05, 0.1) is 22.1 Å². The molecule has 0 bridgehead atoms. The Hall–Kier alpha value is -5.60. The second-order valence-corrected chi connectivity index (χ2v) is 11.0. The Labute approximate surface area is 243 Å². The SMILES string of the molecule is c1ccc(-n2c3ccccc3c3c4c5ccccc5n(-c5cccc(-c6cccc7ccccc67)c5)c4ccc32)cc1. The molecule has 2 nitrogen and oxygen atoms in total. The molecule has 2 aromatic heterocycles. The van der Waals surface area contributed by atoms with Crippen LogP contribution in [0.2, 0.25) is 0 Å². The minimum absolute atomic E-state index is 1.16. The smallest absolute Gasteiger partial charge is 0.0548 e. The number of benzene rings is 7. The first-order valence-electron chi connectivity index (χ1n) is 14.5. The van der Waals surface area contributed by atoms with Crippen LogP contribution in [0.5, 0.6) is 0 Å². The third-order valence-electron chi connectivity index (χ3n) is 8.69. The van der Waals surface area contributed by atoms with E-state index in [1.54, 1.807) is 0 Å². The predicted octanol–water partition coefficient (Wildman–Crippen LogP) is 10.7. The van der Waals surface area contributed by atoms with Gasteiger partial charge in [0.15, 0.2) is 0 Å². The molecule has 0 aliphatic heterocycles. The van der Waals surface area contributed by atoms with Crippen molar-refractivity contribution in [1.82, 2.24) is 9.13 Å². The molecule has 0 N–H and O–H groups in total. The summed E-state index contributed by atoms with van der Waals surface area (Å²) in [4.78, 5) is 0. The Morgan fingerprint density at radius 1 is 0.333 bits per heavy atom. The van der Waals surface area contributed by atoms with E-state index in [2.05, 4.69) is 167 Å². The van der Waals surface area contributed by atoms with Gasteiger partial charge in [-0.1, -0.05) is 109 Å². The summed E-state index contributed by atoms with van der Waals surface area (Å²) < 4.78 is 4.84. The molecule has 0 fully saturated rings. The van der Waals surface area contributed by atoms with Crippen molar-refractivity contribution >= 4 is 54.4 Å². The van der Waals surface area contributed by atoms with Crippen LogP contribution in [0.1, 0.15) is 0 Å². The third-order valence-corrected chi connectivity index (χ3v) is 8.69. The fourth-order valence-corrected chi connectivity index (χ4v) is 6.94. The van der Waals surface area contributed by atoms with Crippen LogP contribution >= 0.6 is 0 Å². The van der Waals surface area contributed by atoms with Crippen molar-refractivity contribution in [2.75, 3.05) is 0 Å². The molecule has 0 spiro atoms. The van der Waals surface area contributed by atoms with Crippen LogP contribution in [0.25, 0.3) is 76.9 Å². The fourth-order valence-electron chi connectivity index (χ4n) is 6.94. The van der Waals surface area contributed by atoms with E-state index in [0.29, 0.717) is 0 Å². The van der Waals surface area contributed by atoms with Gasteiger partial charge in [0.25, 0.3) is 0 Å². The van der Waals surface area contributed by atoms with E-state index < -0.39 is 0 Å². The van der Waals surface area contributed by atoms with Crippen molar-refractivity contribution in [3.8, 4) is 22.5 Å². The highest BCUT2D eigenvalue weighted by Gasteiger charge is 2.20. The maximum Gasteiger partial charge on any atom is 0.0548 e. The summed E-state index contributed by atoms with van der Waals surface area (Å²) in [5.74, 6) is 0. The van der Waals surface area contributed by atoms with Gasteiger partial charge in [0.2, 0.25) is 0 Å². The van der Waals surface area contributed by atoms with Crippen LogP contribution in [0.3, 0.4) is 0 Å². The molecule has 0 aliphatic carbocycles. The molecule has 0 aliphatic rings. The number of hydrogen-bond acceptors (Lipinski definition) is 0. The van der Waals surface area contributed by atoms with Gasteiger partial charge in [-0.3, -0.25) is 0 Å². The van der Waals surface area contributed by atoms with E-state index in [0.717, 1.165) is 5.69 Å². The first kappa shape index (κ1) is 23.1. The number of fused-ring (bicyclic) bond motifs is 8. The Morgan fingerprint density at radius 2 is 0.857 bits per heavy atom. The first-order chi connectivity index (χ1) is 20.9. The molecule has 196 valence electrons. The highest BCUT2D eigenvalue weighted by Crippen LogP contribution is 2.42. The summed E-state index contributed by atoms with van der Waals surface area (Å²) in [6.45, 7) is 0. The molecular formula is C40H26N2. The molecule has 7 aromatic carbocycles. The number of para-hydroxylation sites is 3. The minimum Gasteiger partial charge on any atom is -0.309 e. The largest absolute Gasteiger partial charge is 0.309 e. The summed E-state index contributed by atoms with van der Waals surface area (Å²) in [5.41, 5.74) is 9.69. The van der Waals surface area contributed by atoms with Crippen LogP contribution in [0.15, 0.2) is 158 Å². The lowest BCUT2D eigenvalue weighted by molar-refractivity contribution is 1.17. The van der Waals surface area contributed by atoms with Gasteiger partial charge < -0.3 is 9.13 Å². The molecule has 0 amide bonds. The highest BCUT2D eigenvalue weighted by molar-refractivity contribution is 6.28. The minimum atomic E-state index is 1.16. The Kier molecular flexibility index (Phi) is 4.93. The van der Waals surface area contributed by atoms with E-state index in [4.69, 9.17) is 0 Å². The van der Waals surface area contributed by atoms with Gasteiger partial charge in [-0.25, -0.2) is 0 Å². The van der Waals surface area contributed by atoms with Crippen molar-refractivity contribution in [3.63, 3.8) is 0 Å². The first-order valence-corrected chi connectivity index (χ1v) is 14.5. The Morgan fingerprint density at radius 3 is 1.57 bits per heavy atom. The maximum atomic E-state index is 2.44. The van der Waals surface area contributed by atoms with E-state index in [1.807, 2.05) is 0 Å². The Bertz CT molecular complexity index is 2450.